The van der Waals surface area contributed by atoms with Crippen LogP contribution in [0.3, 0.4) is 0 Å². The zero-order chi connectivity index (χ0) is 25.5. The Morgan fingerprint density at radius 3 is 2.38 bits per heavy atom. The van der Waals surface area contributed by atoms with E-state index in [1.54, 1.807) is 6.07 Å². The molecule has 0 bridgehead atoms. The maximum Gasteiger partial charge on any atom is 0.197 e. The van der Waals surface area contributed by atoms with E-state index in [1.807, 2.05) is 41.5 Å². The van der Waals surface area contributed by atoms with Crippen molar-refractivity contribution in [1.82, 2.24) is 0 Å². The third-order valence-electron chi connectivity index (χ3n) is 8.32. The van der Waals surface area contributed by atoms with E-state index in [9.17, 15) is 20.1 Å². The highest BCUT2D eigenvalue weighted by atomic mass is 16.3. The second-order valence-electron chi connectivity index (χ2n) is 11.3. The minimum absolute atomic E-state index is 0.0887. The van der Waals surface area contributed by atoms with E-state index in [4.69, 9.17) is 6.42 Å². The first kappa shape index (κ1) is 24.1. The number of rotatable bonds is 2. The predicted molar refractivity (Wildman–Crippen MR) is 135 cm³/mol. The molecule has 34 heavy (non-hydrogen) atoms. The Hall–Kier alpha value is -3.03. The summed E-state index contributed by atoms with van der Waals surface area (Å²) >= 11 is 0. The molecule has 0 radical (unpaired) electrons. The number of aliphatic hydroxyl groups is 2. The Bertz CT molecular complexity index is 1300. The Labute approximate surface area is 202 Å². The Morgan fingerprint density at radius 2 is 1.85 bits per heavy atom. The van der Waals surface area contributed by atoms with Crippen molar-refractivity contribution in [3.05, 3.63) is 75.1 Å². The van der Waals surface area contributed by atoms with Crippen molar-refractivity contribution < 1.29 is 20.1 Å². The van der Waals surface area contributed by atoms with Crippen molar-refractivity contribution >= 4 is 5.78 Å². The van der Waals surface area contributed by atoms with Crippen molar-refractivity contribution in [2.45, 2.75) is 72.3 Å². The van der Waals surface area contributed by atoms with Gasteiger partial charge in [-0.25, -0.2) is 0 Å². The smallest absolute Gasteiger partial charge is 0.197 e. The molecule has 3 aliphatic carbocycles. The van der Waals surface area contributed by atoms with Crippen LogP contribution in [-0.2, 0) is 6.42 Å². The van der Waals surface area contributed by atoms with E-state index < -0.39 is 22.2 Å². The quantitative estimate of drug-likeness (QED) is 0.472. The number of benzene rings is 1. The topological polar surface area (TPSA) is 77.8 Å². The molecule has 0 fully saturated rings. The average molecular weight is 459 g/mol. The summed E-state index contributed by atoms with van der Waals surface area (Å²) in [6.45, 7) is 20.1. The van der Waals surface area contributed by atoms with Crippen molar-refractivity contribution in [3.8, 4) is 18.1 Å². The minimum Gasteiger partial charge on any atom is -0.508 e. The lowest BCUT2D eigenvalue weighted by Gasteiger charge is -2.58. The molecule has 3 N–H and O–H groups in total. The van der Waals surface area contributed by atoms with Crippen LogP contribution in [0.25, 0.3) is 0 Å². The van der Waals surface area contributed by atoms with E-state index in [0.717, 1.165) is 27.8 Å². The summed E-state index contributed by atoms with van der Waals surface area (Å²) in [4.78, 5) is 14.0. The number of aliphatic hydroxyl groups excluding tert-OH is 1. The van der Waals surface area contributed by atoms with Crippen LogP contribution in [0.2, 0.25) is 0 Å². The summed E-state index contributed by atoms with van der Waals surface area (Å²) in [5.74, 6) is 1.48. The van der Waals surface area contributed by atoms with Gasteiger partial charge in [-0.05, 0) is 67.4 Å². The molecule has 0 spiro atoms. The molecular formula is C30H34O4. The number of phenolic OH excluding ortho intramolecular Hbond substituents is 1. The van der Waals surface area contributed by atoms with Gasteiger partial charge >= 0.3 is 0 Å². The van der Waals surface area contributed by atoms with Crippen LogP contribution in [0.1, 0.15) is 87.4 Å². The van der Waals surface area contributed by atoms with E-state index in [2.05, 4.69) is 19.1 Å². The molecule has 0 heterocycles. The van der Waals surface area contributed by atoms with Crippen molar-refractivity contribution in [2.75, 3.05) is 0 Å². The zero-order valence-corrected chi connectivity index (χ0v) is 21.0. The summed E-state index contributed by atoms with van der Waals surface area (Å²) in [5, 5.41) is 34.8. The van der Waals surface area contributed by atoms with Gasteiger partial charge in [0.15, 0.2) is 11.4 Å². The van der Waals surface area contributed by atoms with E-state index in [0.29, 0.717) is 24.8 Å². The molecular weight excluding hydrogens is 424 g/mol. The van der Waals surface area contributed by atoms with Gasteiger partial charge in [0.2, 0.25) is 0 Å². The second kappa shape index (κ2) is 7.23. The van der Waals surface area contributed by atoms with Crippen molar-refractivity contribution in [2.24, 2.45) is 10.8 Å². The number of ketones is 1. The largest absolute Gasteiger partial charge is 0.508 e. The average Bonchev–Trinajstić information content (AvgIpc) is 2.70. The lowest BCUT2D eigenvalue weighted by molar-refractivity contribution is -0.0823. The lowest BCUT2D eigenvalue weighted by atomic mass is 9.47. The molecule has 0 amide bonds. The van der Waals surface area contributed by atoms with Gasteiger partial charge in [-0.1, -0.05) is 57.9 Å². The van der Waals surface area contributed by atoms with Crippen LogP contribution in [0.15, 0.2) is 52.8 Å². The normalized spacial score (nSPS) is 30.7. The third-order valence-corrected chi connectivity index (χ3v) is 8.32. The first-order valence-corrected chi connectivity index (χ1v) is 11.8. The molecule has 4 rings (SSSR count). The number of fused-ring (bicyclic) bond motifs is 3. The maximum absolute atomic E-state index is 14.0. The third kappa shape index (κ3) is 2.80. The van der Waals surface area contributed by atoms with Gasteiger partial charge in [0.25, 0.3) is 0 Å². The van der Waals surface area contributed by atoms with Crippen LogP contribution >= 0.6 is 0 Å². The number of terminal acetylenes is 1. The molecule has 4 nitrogen and oxygen atoms in total. The standard InChI is InChI=1S/C30H34O4/c1-10-19-11-20(15(2)3)21-13-28(8)14-29(9)12-17(6)22(16(4)5)18(7)30(29,34)27(33)24(28)26(32)23(21)25(19)31/h1,11,15,31,33-34H,4,7,12-14H2,2-3,5-6,8-9H3/t28-,29+,30+/m1/s1. The number of carbonyl (C=O) groups is 1. The van der Waals surface area contributed by atoms with Crippen LogP contribution in [0.5, 0.6) is 5.75 Å². The van der Waals surface area contributed by atoms with E-state index in [-0.39, 0.29) is 34.1 Å². The van der Waals surface area contributed by atoms with Gasteiger partial charge in [-0.3, -0.25) is 4.79 Å². The second-order valence-corrected chi connectivity index (χ2v) is 11.3. The fraction of sp³-hybridized carbons (Fsp3) is 0.433. The lowest BCUT2D eigenvalue weighted by Crippen LogP contribution is -2.59. The minimum atomic E-state index is -1.82. The molecule has 1 aromatic carbocycles. The summed E-state index contributed by atoms with van der Waals surface area (Å²) in [7, 11) is 0. The van der Waals surface area contributed by atoms with Gasteiger partial charge in [0.05, 0.1) is 11.1 Å². The molecule has 4 heteroatoms. The fourth-order valence-electron chi connectivity index (χ4n) is 7.10. The van der Waals surface area contributed by atoms with Gasteiger partial charge in [0, 0.05) is 16.4 Å². The first-order chi connectivity index (χ1) is 15.6. The Kier molecular flexibility index (Phi) is 5.13. The highest BCUT2D eigenvalue weighted by Crippen LogP contribution is 2.65. The molecule has 1 aromatic rings. The summed E-state index contributed by atoms with van der Waals surface area (Å²) in [6.07, 6.45) is 7.10. The molecule has 0 saturated heterocycles. The van der Waals surface area contributed by atoms with Crippen LogP contribution in [0, 0.1) is 23.2 Å². The number of carbonyl (C=O) groups excluding carboxylic acids is 1. The molecule has 178 valence electrons. The molecule has 0 aliphatic heterocycles. The number of allylic oxidation sites excluding steroid dienone is 3. The number of phenols is 1. The van der Waals surface area contributed by atoms with Gasteiger partial charge in [-0.2, -0.15) is 0 Å². The highest BCUT2D eigenvalue weighted by Gasteiger charge is 2.64. The van der Waals surface area contributed by atoms with Crippen LogP contribution < -0.4 is 0 Å². The fourth-order valence-corrected chi connectivity index (χ4v) is 7.10. The zero-order valence-electron chi connectivity index (χ0n) is 21.0. The molecule has 0 unspecified atom stereocenters. The van der Waals surface area contributed by atoms with Crippen LogP contribution in [0.4, 0.5) is 0 Å². The summed E-state index contributed by atoms with van der Waals surface area (Å²) < 4.78 is 0. The van der Waals surface area contributed by atoms with Crippen molar-refractivity contribution in [1.29, 1.82) is 0 Å². The van der Waals surface area contributed by atoms with E-state index in [1.165, 1.54) is 0 Å². The van der Waals surface area contributed by atoms with Crippen molar-refractivity contribution in [3.63, 3.8) is 0 Å². The number of aromatic hydroxyl groups is 1. The van der Waals surface area contributed by atoms with Crippen LogP contribution in [-0.4, -0.2) is 26.7 Å². The van der Waals surface area contributed by atoms with E-state index >= 15 is 0 Å². The van der Waals surface area contributed by atoms with Gasteiger partial charge < -0.3 is 15.3 Å². The first-order valence-electron chi connectivity index (χ1n) is 11.8. The molecule has 3 atom stereocenters. The molecule has 0 aromatic heterocycles. The monoisotopic (exact) mass is 458 g/mol. The van der Waals surface area contributed by atoms with Gasteiger partial charge in [0.1, 0.15) is 11.5 Å². The Morgan fingerprint density at radius 1 is 1.24 bits per heavy atom. The molecule has 0 saturated carbocycles. The van der Waals surface area contributed by atoms with Gasteiger partial charge in [-0.15, -0.1) is 6.42 Å². The molecule has 3 aliphatic rings. The predicted octanol–water partition coefficient (Wildman–Crippen LogP) is 6.05. The maximum atomic E-state index is 14.0. The summed E-state index contributed by atoms with van der Waals surface area (Å²) in [6, 6.07) is 1.79. The number of Topliss-reactive ketones (excluding diaryl/α,β-unsaturated/α-hetero) is 1. The summed E-state index contributed by atoms with van der Waals surface area (Å²) in [5.41, 5.74) is 1.83. The number of hydrogen-bond acceptors (Lipinski definition) is 4. The highest BCUT2D eigenvalue weighted by molar-refractivity contribution is 6.14. The SMILES string of the molecule is C#Cc1cc(C(C)C)c2c(c1O)C(=O)C1=C(O)[C@@]3(O)C(=C)C(C(=C)C)=C(C)C[C@@]3(C)C[C@@]1(C)C2. The Balaban J connectivity index is 2.06. The number of hydrogen-bond donors (Lipinski definition) is 3.